The summed E-state index contributed by atoms with van der Waals surface area (Å²) >= 11 is 1.48. The summed E-state index contributed by atoms with van der Waals surface area (Å²) in [5.41, 5.74) is 1.72. The number of nitrogens with one attached hydrogen (secondary N) is 2. The molecule has 1 aromatic heterocycles. The van der Waals surface area contributed by atoms with Crippen molar-refractivity contribution in [2.45, 2.75) is 37.0 Å². The van der Waals surface area contributed by atoms with Crippen molar-refractivity contribution in [2.75, 3.05) is 5.32 Å². The number of carbonyl (C=O) groups excluding carboxylic acids is 2. The summed E-state index contributed by atoms with van der Waals surface area (Å²) in [6.07, 6.45) is 3.46. The van der Waals surface area contributed by atoms with Gasteiger partial charge < -0.3 is 10.6 Å². The standard InChI is InChI=1S/C18H21N3O2S/c1-12(15-5-4-10-19-11-15)20-18(23)13(2)24-17-8-6-16(7-9-17)21-14(3)22/h4-13H,1-3H3,(H,20,23)(H,21,22)/t12-,13-/m0/s1. The van der Waals surface area contributed by atoms with Crippen LogP contribution in [0.5, 0.6) is 0 Å². The zero-order chi connectivity index (χ0) is 17.5. The second kappa shape index (κ2) is 8.49. The summed E-state index contributed by atoms with van der Waals surface area (Å²) < 4.78 is 0. The van der Waals surface area contributed by atoms with E-state index in [1.54, 1.807) is 12.4 Å². The largest absolute Gasteiger partial charge is 0.349 e. The Bertz CT molecular complexity index is 689. The van der Waals surface area contributed by atoms with Crippen LogP contribution in [0.3, 0.4) is 0 Å². The van der Waals surface area contributed by atoms with Crippen molar-refractivity contribution in [1.29, 1.82) is 0 Å². The zero-order valence-corrected chi connectivity index (χ0v) is 14.8. The lowest BCUT2D eigenvalue weighted by Gasteiger charge is -2.17. The molecule has 1 heterocycles. The van der Waals surface area contributed by atoms with E-state index in [-0.39, 0.29) is 23.1 Å². The summed E-state index contributed by atoms with van der Waals surface area (Å²) in [6, 6.07) is 11.1. The van der Waals surface area contributed by atoms with Gasteiger partial charge in [-0.15, -0.1) is 11.8 Å². The fourth-order valence-electron chi connectivity index (χ4n) is 2.12. The molecule has 126 valence electrons. The molecule has 2 aromatic rings. The molecule has 1 aromatic carbocycles. The van der Waals surface area contributed by atoms with Crippen LogP contribution in [-0.2, 0) is 9.59 Å². The summed E-state index contributed by atoms with van der Waals surface area (Å²) in [6.45, 7) is 5.28. The zero-order valence-electron chi connectivity index (χ0n) is 13.9. The first-order valence-electron chi connectivity index (χ1n) is 7.70. The molecule has 2 atom stereocenters. The predicted octanol–water partition coefficient (Wildman–Crippen LogP) is 3.40. The molecule has 2 amide bonds. The van der Waals surface area contributed by atoms with Crippen LogP contribution in [0, 0.1) is 0 Å². The SMILES string of the molecule is CC(=O)Nc1ccc(S[C@@H](C)C(=O)N[C@@H](C)c2cccnc2)cc1. The van der Waals surface area contributed by atoms with Gasteiger partial charge in [0.15, 0.2) is 0 Å². The molecule has 0 aliphatic heterocycles. The molecule has 0 spiro atoms. The third kappa shape index (κ3) is 5.38. The van der Waals surface area contributed by atoms with Gasteiger partial charge in [0.1, 0.15) is 0 Å². The Labute approximate surface area is 146 Å². The van der Waals surface area contributed by atoms with Crippen LogP contribution in [0.4, 0.5) is 5.69 Å². The number of pyridine rings is 1. The van der Waals surface area contributed by atoms with E-state index in [2.05, 4.69) is 15.6 Å². The Morgan fingerprint density at radius 3 is 2.42 bits per heavy atom. The number of thioether (sulfide) groups is 1. The van der Waals surface area contributed by atoms with Gasteiger partial charge in [-0.25, -0.2) is 0 Å². The second-order valence-corrected chi connectivity index (χ2v) is 6.90. The normalized spacial score (nSPS) is 13.0. The third-order valence-corrected chi connectivity index (χ3v) is 4.51. The Kier molecular flexibility index (Phi) is 6.37. The highest BCUT2D eigenvalue weighted by Gasteiger charge is 2.17. The van der Waals surface area contributed by atoms with Crippen LogP contribution < -0.4 is 10.6 Å². The van der Waals surface area contributed by atoms with Crippen molar-refractivity contribution in [3.05, 3.63) is 54.4 Å². The number of rotatable bonds is 6. The number of amides is 2. The summed E-state index contributed by atoms with van der Waals surface area (Å²) in [7, 11) is 0. The molecule has 2 N–H and O–H groups in total. The molecular weight excluding hydrogens is 322 g/mol. The lowest BCUT2D eigenvalue weighted by atomic mass is 10.1. The minimum absolute atomic E-state index is 0.0257. The molecule has 6 heteroatoms. The highest BCUT2D eigenvalue weighted by Crippen LogP contribution is 2.25. The molecule has 2 rings (SSSR count). The van der Waals surface area contributed by atoms with Crippen molar-refractivity contribution in [3.8, 4) is 0 Å². The van der Waals surface area contributed by atoms with Crippen molar-refractivity contribution in [2.24, 2.45) is 0 Å². The highest BCUT2D eigenvalue weighted by atomic mass is 32.2. The van der Waals surface area contributed by atoms with Crippen molar-refractivity contribution in [1.82, 2.24) is 10.3 Å². The molecule has 0 unspecified atom stereocenters. The summed E-state index contributed by atoms with van der Waals surface area (Å²) in [4.78, 5) is 28.4. The quantitative estimate of drug-likeness (QED) is 0.789. The van der Waals surface area contributed by atoms with E-state index >= 15 is 0 Å². The maximum absolute atomic E-state index is 12.3. The van der Waals surface area contributed by atoms with E-state index in [1.165, 1.54) is 18.7 Å². The van der Waals surface area contributed by atoms with Crippen LogP contribution in [0.2, 0.25) is 0 Å². The van der Waals surface area contributed by atoms with Crippen molar-refractivity contribution in [3.63, 3.8) is 0 Å². The fourth-order valence-corrected chi connectivity index (χ4v) is 3.00. The lowest BCUT2D eigenvalue weighted by molar-refractivity contribution is -0.121. The molecule has 0 fully saturated rings. The third-order valence-electron chi connectivity index (χ3n) is 3.40. The van der Waals surface area contributed by atoms with Gasteiger partial charge in [-0.3, -0.25) is 14.6 Å². The molecule has 24 heavy (non-hydrogen) atoms. The van der Waals surface area contributed by atoms with Crippen LogP contribution in [0.1, 0.15) is 32.4 Å². The van der Waals surface area contributed by atoms with Gasteiger partial charge in [-0.2, -0.15) is 0 Å². The molecule has 0 saturated heterocycles. The van der Waals surface area contributed by atoms with Crippen LogP contribution in [-0.4, -0.2) is 22.0 Å². The molecule has 5 nitrogen and oxygen atoms in total. The Morgan fingerprint density at radius 1 is 1.12 bits per heavy atom. The average Bonchev–Trinajstić information content (AvgIpc) is 2.56. The average molecular weight is 343 g/mol. The van der Waals surface area contributed by atoms with Gasteiger partial charge >= 0.3 is 0 Å². The first kappa shape index (κ1) is 18.0. The van der Waals surface area contributed by atoms with Crippen LogP contribution in [0.15, 0.2) is 53.7 Å². The van der Waals surface area contributed by atoms with E-state index in [0.717, 1.165) is 16.1 Å². The first-order valence-corrected chi connectivity index (χ1v) is 8.58. The van der Waals surface area contributed by atoms with Crippen LogP contribution in [0.25, 0.3) is 0 Å². The molecule has 0 aliphatic rings. The predicted molar refractivity (Wildman–Crippen MR) is 96.9 cm³/mol. The number of benzene rings is 1. The minimum atomic E-state index is -0.226. The first-order chi connectivity index (χ1) is 11.5. The molecular formula is C18H21N3O2S. The molecule has 0 bridgehead atoms. The van der Waals surface area contributed by atoms with E-state index in [1.807, 2.05) is 50.2 Å². The fraction of sp³-hybridized carbons (Fsp3) is 0.278. The number of aromatic nitrogens is 1. The van der Waals surface area contributed by atoms with Gasteiger partial charge in [-0.05, 0) is 49.7 Å². The summed E-state index contributed by atoms with van der Waals surface area (Å²) in [5.74, 6) is -0.130. The lowest BCUT2D eigenvalue weighted by Crippen LogP contribution is -2.33. The smallest absolute Gasteiger partial charge is 0.233 e. The van der Waals surface area contributed by atoms with E-state index in [9.17, 15) is 9.59 Å². The number of hydrogen-bond donors (Lipinski definition) is 2. The Hall–Kier alpha value is -2.34. The molecule has 0 aliphatic carbocycles. The van der Waals surface area contributed by atoms with E-state index in [4.69, 9.17) is 0 Å². The van der Waals surface area contributed by atoms with Gasteiger partial charge in [-0.1, -0.05) is 6.07 Å². The van der Waals surface area contributed by atoms with Gasteiger partial charge in [0.2, 0.25) is 11.8 Å². The number of anilines is 1. The maximum Gasteiger partial charge on any atom is 0.233 e. The topological polar surface area (TPSA) is 71.1 Å². The summed E-state index contributed by atoms with van der Waals surface area (Å²) in [5, 5.41) is 5.49. The van der Waals surface area contributed by atoms with Crippen molar-refractivity contribution >= 4 is 29.3 Å². The van der Waals surface area contributed by atoms with E-state index < -0.39 is 0 Å². The monoisotopic (exact) mass is 343 g/mol. The molecule has 0 saturated carbocycles. The van der Waals surface area contributed by atoms with Crippen LogP contribution >= 0.6 is 11.8 Å². The molecule has 0 radical (unpaired) electrons. The van der Waals surface area contributed by atoms with Gasteiger partial charge in [0.05, 0.1) is 11.3 Å². The minimum Gasteiger partial charge on any atom is -0.349 e. The van der Waals surface area contributed by atoms with Crippen molar-refractivity contribution < 1.29 is 9.59 Å². The number of carbonyl (C=O) groups is 2. The number of hydrogen-bond acceptors (Lipinski definition) is 4. The highest BCUT2D eigenvalue weighted by molar-refractivity contribution is 8.00. The Balaban J connectivity index is 1.90. The van der Waals surface area contributed by atoms with Gasteiger partial charge in [0.25, 0.3) is 0 Å². The second-order valence-electron chi connectivity index (χ2n) is 5.48. The maximum atomic E-state index is 12.3. The van der Waals surface area contributed by atoms with E-state index in [0.29, 0.717) is 0 Å². The Morgan fingerprint density at radius 2 is 1.83 bits per heavy atom. The number of nitrogens with zero attached hydrogens (tertiary/aromatic N) is 1. The van der Waals surface area contributed by atoms with Gasteiger partial charge in [0, 0.05) is 29.9 Å².